The average Bonchev–Trinajstić information content (AvgIpc) is 2.73. The molecular weight excluding hydrogens is 281 g/mol. The third-order valence-corrected chi connectivity index (χ3v) is 4.71. The van der Waals surface area contributed by atoms with E-state index in [0.717, 1.165) is 48.1 Å². The Hall–Kier alpha value is -0.280. The highest BCUT2D eigenvalue weighted by atomic mass is 35.5. The van der Waals surface area contributed by atoms with Crippen LogP contribution in [0.15, 0.2) is 18.2 Å². The molecule has 2 rings (SSSR count). The minimum Gasteiger partial charge on any atom is -0.378 e. The SMILES string of the molecule is CCNCC1(Cc2cc(Cl)ccc2Cl)CCOC1C. The number of rotatable bonds is 5. The van der Waals surface area contributed by atoms with Crippen molar-refractivity contribution in [2.45, 2.75) is 32.8 Å². The fourth-order valence-electron chi connectivity index (χ4n) is 2.78. The Morgan fingerprint density at radius 2 is 2.21 bits per heavy atom. The van der Waals surface area contributed by atoms with Gasteiger partial charge in [-0.15, -0.1) is 0 Å². The van der Waals surface area contributed by atoms with Gasteiger partial charge >= 0.3 is 0 Å². The number of benzene rings is 1. The van der Waals surface area contributed by atoms with Crippen molar-refractivity contribution >= 4 is 23.2 Å². The first-order valence-electron chi connectivity index (χ1n) is 6.83. The Labute approximate surface area is 125 Å². The van der Waals surface area contributed by atoms with Gasteiger partial charge in [-0.05, 0) is 50.1 Å². The van der Waals surface area contributed by atoms with Crippen LogP contribution in [0.3, 0.4) is 0 Å². The van der Waals surface area contributed by atoms with E-state index in [0.29, 0.717) is 0 Å². The number of nitrogens with one attached hydrogen (secondary N) is 1. The second-order valence-corrected chi connectivity index (χ2v) is 6.16. The van der Waals surface area contributed by atoms with Crippen LogP contribution in [0.5, 0.6) is 0 Å². The third kappa shape index (κ3) is 3.43. The van der Waals surface area contributed by atoms with Gasteiger partial charge in [-0.3, -0.25) is 0 Å². The Balaban J connectivity index is 2.22. The molecule has 2 unspecified atom stereocenters. The van der Waals surface area contributed by atoms with Crippen molar-refractivity contribution in [1.29, 1.82) is 0 Å². The van der Waals surface area contributed by atoms with Crippen LogP contribution in [-0.2, 0) is 11.2 Å². The highest BCUT2D eigenvalue weighted by Gasteiger charge is 2.41. The van der Waals surface area contributed by atoms with E-state index in [9.17, 15) is 0 Å². The van der Waals surface area contributed by atoms with Gasteiger partial charge in [0.05, 0.1) is 6.10 Å². The molecule has 19 heavy (non-hydrogen) atoms. The van der Waals surface area contributed by atoms with E-state index < -0.39 is 0 Å². The van der Waals surface area contributed by atoms with Crippen LogP contribution in [0.1, 0.15) is 25.8 Å². The Morgan fingerprint density at radius 3 is 2.84 bits per heavy atom. The molecule has 0 radical (unpaired) electrons. The van der Waals surface area contributed by atoms with E-state index >= 15 is 0 Å². The van der Waals surface area contributed by atoms with Gasteiger partial charge in [-0.25, -0.2) is 0 Å². The van der Waals surface area contributed by atoms with Gasteiger partial charge in [0.2, 0.25) is 0 Å². The monoisotopic (exact) mass is 301 g/mol. The predicted octanol–water partition coefficient (Wildman–Crippen LogP) is 3.94. The lowest BCUT2D eigenvalue weighted by Gasteiger charge is -2.33. The van der Waals surface area contributed by atoms with Gasteiger partial charge in [-0.1, -0.05) is 30.1 Å². The maximum atomic E-state index is 6.30. The summed E-state index contributed by atoms with van der Waals surface area (Å²) in [5.74, 6) is 0. The summed E-state index contributed by atoms with van der Waals surface area (Å²) in [5, 5.41) is 4.99. The lowest BCUT2D eigenvalue weighted by molar-refractivity contribution is 0.0633. The molecule has 0 amide bonds. The lowest BCUT2D eigenvalue weighted by Crippen LogP contribution is -2.41. The Bertz CT molecular complexity index is 438. The molecule has 2 nitrogen and oxygen atoms in total. The van der Waals surface area contributed by atoms with E-state index in [-0.39, 0.29) is 11.5 Å². The zero-order valence-corrected chi connectivity index (χ0v) is 13.0. The predicted molar refractivity (Wildman–Crippen MR) is 81.2 cm³/mol. The molecule has 0 bridgehead atoms. The summed E-state index contributed by atoms with van der Waals surface area (Å²) >= 11 is 12.4. The first-order chi connectivity index (χ1) is 9.07. The van der Waals surface area contributed by atoms with E-state index in [4.69, 9.17) is 27.9 Å². The summed E-state index contributed by atoms with van der Waals surface area (Å²) in [4.78, 5) is 0. The smallest absolute Gasteiger partial charge is 0.0619 e. The first-order valence-corrected chi connectivity index (χ1v) is 7.59. The van der Waals surface area contributed by atoms with Gasteiger partial charge < -0.3 is 10.1 Å². The van der Waals surface area contributed by atoms with E-state index in [2.05, 4.69) is 19.2 Å². The summed E-state index contributed by atoms with van der Waals surface area (Å²) in [5.41, 5.74) is 1.23. The van der Waals surface area contributed by atoms with Crippen LogP contribution in [0.2, 0.25) is 10.0 Å². The zero-order valence-electron chi connectivity index (χ0n) is 11.5. The minimum absolute atomic E-state index is 0.115. The number of halogens is 2. The third-order valence-electron chi connectivity index (χ3n) is 4.11. The molecule has 1 heterocycles. The highest BCUT2D eigenvalue weighted by Crippen LogP contribution is 2.39. The fraction of sp³-hybridized carbons (Fsp3) is 0.600. The molecule has 0 aromatic heterocycles. The first kappa shape index (κ1) is 15.1. The van der Waals surface area contributed by atoms with Crippen LogP contribution in [0.4, 0.5) is 0 Å². The number of ether oxygens (including phenoxy) is 1. The normalized spacial score (nSPS) is 26.8. The van der Waals surface area contributed by atoms with Gasteiger partial charge in [0.15, 0.2) is 0 Å². The largest absolute Gasteiger partial charge is 0.378 e. The fourth-order valence-corrected chi connectivity index (χ4v) is 3.16. The molecule has 0 saturated carbocycles. The van der Waals surface area contributed by atoms with Gasteiger partial charge in [-0.2, -0.15) is 0 Å². The molecule has 1 aromatic carbocycles. The van der Waals surface area contributed by atoms with Gasteiger partial charge in [0.25, 0.3) is 0 Å². The molecule has 1 saturated heterocycles. The molecule has 1 fully saturated rings. The molecule has 4 heteroatoms. The summed E-state index contributed by atoms with van der Waals surface area (Å²) in [6.07, 6.45) is 2.20. The van der Waals surface area contributed by atoms with Crippen molar-refractivity contribution < 1.29 is 4.74 Å². The molecule has 0 aliphatic carbocycles. The average molecular weight is 302 g/mol. The molecule has 1 aliphatic rings. The summed E-state index contributed by atoms with van der Waals surface area (Å²) < 4.78 is 5.79. The van der Waals surface area contributed by atoms with E-state index in [1.54, 1.807) is 0 Å². The number of hydrogen-bond donors (Lipinski definition) is 1. The standard InChI is InChI=1S/C15H21Cl2NO/c1-3-18-10-15(6-7-19-11(15)2)9-12-8-13(16)4-5-14(12)17/h4-5,8,11,18H,3,6-7,9-10H2,1-2H3. The van der Waals surface area contributed by atoms with Gasteiger partial charge in [0, 0.05) is 28.6 Å². The molecule has 106 valence electrons. The van der Waals surface area contributed by atoms with Crippen molar-refractivity contribution in [3.05, 3.63) is 33.8 Å². The maximum absolute atomic E-state index is 6.30. The maximum Gasteiger partial charge on any atom is 0.0619 e. The van der Waals surface area contributed by atoms with Crippen molar-refractivity contribution in [1.82, 2.24) is 5.32 Å². The number of hydrogen-bond acceptors (Lipinski definition) is 2. The summed E-state index contributed by atoms with van der Waals surface area (Å²) in [7, 11) is 0. The van der Waals surface area contributed by atoms with Crippen molar-refractivity contribution in [3.8, 4) is 0 Å². The van der Waals surface area contributed by atoms with Crippen LogP contribution in [0.25, 0.3) is 0 Å². The van der Waals surface area contributed by atoms with Crippen molar-refractivity contribution in [3.63, 3.8) is 0 Å². The highest BCUT2D eigenvalue weighted by molar-refractivity contribution is 6.33. The van der Waals surface area contributed by atoms with Gasteiger partial charge in [0.1, 0.15) is 0 Å². The molecule has 0 spiro atoms. The van der Waals surface area contributed by atoms with E-state index in [1.807, 2.05) is 18.2 Å². The molecule has 1 aromatic rings. The Morgan fingerprint density at radius 1 is 1.42 bits per heavy atom. The van der Waals surface area contributed by atoms with Crippen LogP contribution < -0.4 is 5.32 Å². The molecule has 1 aliphatic heterocycles. The quantitative estimate of drug-likeness (QED) is 0.889. The summed E-state index contributed by atoms with van der Waals surface area (Å²) in [6, 6.07) is 5.68. The van der Waals surface area contributed by atoms with E-state index in [1.165, 1.54) is 0 Å². The molecule has 1 N–H and O–H groups in total. The molecular formula is C15H21Cl2NO. The van der Waals surface area contributed by atoms with Crippen LogP contribution >= 0.6 is 23.2 Å². The summed E-state index contributed by atoms with van der Waals surface area (Å²) in [6.45, 7) is 7.03. The molecule has 2 atom stereocenters. The Kier molecular flexibility index (Phi) is 5.13. The van der Waals surface area contributed by atoms with Crippen molar-refractivity contribution in [2.24, 2.45) is 5.41 Å². The second-order valence-electron chi connectivity index (χ2n) is 5.32. The second kappa shape index (κ2) is 6.45. The van der Waals surface area contributed by atoms with Crippen molar-refractivity contribution in [2.75, 3.05) is 19.7 Å². The topological polar surface area (TPSA) is 21.3 Å². The van der Waals surface area contributed by atoms with Crippen LogP contribution in [-0.4, -0.2) is 25.8 Å². The lowest BCUT2D eigenvalue weighted by atomic mass is 9.76. The van der Waals surface area contributed by atoms with Crippen LogP contribution in [0, 0.1) is 5.41 Å². The minimum atomic E-state index is 0.115. The zero-order chi connectivity index (χ0) is 13.9.